The summed E-state index contributed by atoms with van der Waals surface area (Å²) in [6.45, 7) is 4.75. The Bertz CT molecular complexity index is 882. The Kier molecular flexibility index (Phi) is 5.82. The van der Waals surface area contributed by atoms with Crippen LogP contribution in [-0.4, -0.2) is 49.4 Å². The minimum atomic E-state index is -3.56. The van der Waals surface area contributed by atoms with E-state index in [-0.39, 0.29) is 30.6 Å². The molecule has 0 radical (unpaired) electrons. The van der Waals surface area contributed by atoms with E-state index in [9.17, 15) is 13.2 Å². The van der Waals surface area contributed by atoms with Gasteiger partial charge in [0, 0.05) is 25.7 Å². The lowest BCUT2D eigenvalue weighted by Gasteiger charge is -2.38. The molecule has 3 rings (SSSR count). The number of ether oxygens (including phenoxy) is 1. The highest BCUT2D eigenvalue weighted by Gasteiger charge is 2.34. The summed E-state index contributed by atoms with van der Waals surface area (Å²) >= 11 is 0. The first kappa shape index (κ1) is 19.4. The summed E-state index contributed by atoms with van der Waals surface area (Å²) in [5, 5.41) is 0. The van der Waals surface area contributed by atoms with Crippen molar-refractivity contribution in [2.24, 2.45) is 0 Å². The van der Waals surface area contributed by atoms with Crippen LogP contribution in [0.5, 0.6) is 0 Å². The summed E-state index contributed by atoms with van der Waals surface area (Å²) < 4.78 is 32.5. The smallest absolute Gasteiger partial charge is 0.410 e. The van der Waals surface area contributed by atoms with Gasteiger partial charge in [-0.3, -0.25) is 0 Å². The van der Waals surface area contributed by atoms with Crippen LogP contribution < -0.4 is 0 Å². The van der Waals surface area contributed by atoms with Crippen LogP contribution in [0.2, 0.25) is 0 Å². The van der Waals surface area contributed by atoms with Crippen molar-refractivity contribution in [1.29, 1.82) is 0 Å². The summed E-state index contributed by atoms with van der Waals surface area (Å²) in [5.41, 5.74) is 1.92. The second-order valence-electron chi connectivity index (χ2n) is 6.76. The lowest BCUT2D eigenvalue weighted by Crippen LogP contribution is -2.55. The van der Waals surface area contributed by atoms with Crippen molar-refractivity contribution in [1.82, 2.24) is 9.21 Å². The normalized spacial score (nSPS) is 18.3. The molecule has 0 saturated carbocycles. The highest BCUT2D eigenvalue weighted by molar-refractivity contribution is 7.89. The van der Waals surface area contributed by atoms with Crippen molar-refractivity contribution >= 4 is 16.1 Å². The fraction of sp³-hybridized carbons (Fsp3) is 0.350. The second kappa shape index (κ2) is 8.10. The maximum Gasteiger partial charge on any atom is 0.410 e. The molecule has 0 spiro atoms. The monoisotopic (exact) mass is 388 g/mol. The predicted octanol–water partition coefficient (Wildman–Crippen LogP) is 3.03. The van der Waals surface area contributed by atoms with Gasteiger partial charge in [-0.15, -0.1) is 0 Å². The number of carbonyl (C=O) groups is 1. The van der Waals surface area contributed by atoms with Gasteiger partial charge in [-0.1, -0.05) is 48.0 Å². The van der Waals surface area contributed by atoms with Gasteiger partial charge in [0.15, 0.2) is 0 Å². The lowest BCUT2D eigenvalue weighted by molar-refractivity contribution is 0.0642. The highest BCUT2D eigenvalue weighted by atomic mass is 32.2. The van der Waals surface area contributed by atoms with E-state index in [4.69, 9.17) is 4.74 Å². The lowest BCUT2D eigenvalue weighted by atomic mass is 10.2. The van der Waals surface area contributed by atoms with E-state index in [1.54, 1.807) is 29.2 Å². The Morgan fingerprint density at radius 2 is 1.74 bits per heavy atom. The van der Waals surface area contributed by atoms with E-state index < -0.39 is 16.1 Å². The summed E-state index contributed by atoms with van der Waals surface area (Å²) in [4.78, 5) is 14.2. The summed E-state index contributed by atoms with van der Waals surface area (Å²) in [5.74, 6) is 0. The van der Waals surface area contributed by atoms with E-state index in [2.05, 4.69) is 0 Å². The van der Waals surface area contributed by atoms with Crippen molar-refractivity contribution in [2.45, 2.75) is 31.4 Å². The van der Waals surface area contributed by atoms with Crippen LogP contribution in [-0.2, 0) is 21.4 Å². The van der Waals surface area contributed by atoms with Gasteiger partial charge in [0.2, 0.25) is 10.0 Å². The third-order valence-corrected chi connectivity index (χ3v) is 6.57. The average Bonchev–Trinajstić information content (AvgIpc) is 2.67. The Labute approximate surface area is 160 Å². The Morgan fingerprint density at radius 3 is 2.37 bits per heavy atom. The first-order valence-corrected chi connectivity index (χ1v) is 10.4. The Hall–Kier alpha value is -2.38. The maximum atomic E-state index is 12.8. The number of benzene rings is 2. The van der Waals surface area contributed by atoms with Crippen LogP contribution in [0.15, 0.2) is 59.5 Å². The van der Waals surface area contributed by atoms with Crippen molar-refractivity contribution in [3.05, 3.63) is 65.7 Å². The number of carbonyl (C=O) groups excluding carboxylic acids is 1. The first-order valence-electron chi connectivity index (χ1n) is 8.92. The summed E-state index contributed by atoms with van der Waals surface area (Å²) in [6, 6.07) is 16.0. The van der Waals surface area contributed by atoms with Gasteiger partial charge < -0.3 is 9.64 Å². The number of nitrogens with zero attached hydrogens (tertiary/aromatic N) is 2. The van der Waals surface area contributed by atoms with Crippen molar-refractivity contribution in [3.8, 4) is 0 Å². The molecule has 2 aromatic carbocycles. The molecule has 27 heavy (non-hydrogen) atoms. The molecule has 2 aromatic rings. The largest absolute Gasteiger partial charge is 0.445 e. The van der Waals surface area contributed by atoms with Crippen LogP contribution in [0, 0.1) is 6.92 Å². The van der Waals surface area contributed by atoms with E-state index in [0.717, 1.165) is 11.1 Å². The molecule has 1 heterocycles. The molecule has 1 atom stereocenters. The molecule has 6 nitrogen and oxygen atoms in total. The van der Waals surface area contributed by atoms with E-state index >= 15 is 0 Å². The maximum absolute atomic E-state index is 12.8. The topological polar surface area (TPSA) is 66.9 Å². The van der Waals surface area contributed by atoms with Gasteiger partial charge >= 0.3 is 6.09 Å². The molecule has 1 aliphatic heterocycles. The molecule has 144 valence electrons. The van der Waals surface area contributed by atoms with Crippen LogP contribution >= 0.6 is 0 Å². The summed E-state index contributed by atoms with van der Waals surface area (Å²) in [6.07, 6.45) is -0.418. The highest BCUT2D eigenvalue weighted by Crippen LogP contribution is 2.21. The molecular formula is C20H24N2O4S. The fourth-order valence-electron chi connectivity index (χ4n) is 3.08. The number of hydrogen-bond donors (Lipinski definition) is 0. The van der Waals surface area contributed by atoms with Gasteiger partial charge in [0.25, 0.3) is 0 Å². The SMILES string of the molecule is Cc1ccc(S(=O)(=O)N2CCN(C(=O)OCc3ccccc3)[C@@H](C)C2)cc1. The molecular weight excluding hydrogens is 364 g/mol. The molecule has 7 heteroatoms. The van der Waals surface area contributed by atoms with E-state index in [0.29, 0.717) is 6.54 Å². The number of aryl methyl sites for hydroxylation is 1. The van der Waals surface area contributed by atoms with Gasteiger partial charge in [-0.25, -0.2) is 13.2 Å². The standard InChI is InChI=1S/C20H24N2O4S/c1-16-8-10-19(11-9-16)27(24,25)21-12-13-22(17(2)14-21)20(23)26-15-18-6-4-3-5-7-18/h3-11,17H,12-15H2,1-2H3/t17-/m0/s1. The predicted molar refractivity (Wildman–Crippen MR) is 103 cm³/mol. The van der Waals surface area contributed by atoms with Crippen LogP contribution in [0.25, 0.3) is 0 Å². The van der Waals surface area contributed by atoms with Gasteiger partial charge in [0.05, 0.1) is 4.90 Å². The molecule has 0 aromatic heterocycles. The van der Waals surface area contributed by atoms with E-state index in [1.165, 1.54) is 4.31 Å². The quantitative estimate of drug-likeness (QED) is 0.807. The minimum Gasteiger partial charge on any atom is -0.445 e. The van der Waals surface area contributed by atoms with Crippen LogP contribution in [0.3, 0.4) is 0 Å². The molecule has 0 bridgehead atoms. The van der Waals surface area contributed by atoms with Crippen LogP contribution in [0.4, 0.5) is 4.79 Å². The zero-order valence-corrected chi connectivity index (χ0v) is 16.4. The zero-order valence-electron chi connectivity index (χ0n) is 15.5. The molecule has 1 amide bonds. The van der Waals surface area contributed by atoms with Crippen molar-refractivity contribution in [3.63, 3.8) is 0 Å². The van der Waals surface area contributed by atoms with Gasteiger partial charge in [-0.2, -0.15) is 4.31 Å². The average molecular weight is 388 g/mol. The van der Waals surface area contributed by atoms with Crippen LogP contribution in [0.1, 0.15) is 18.1 Å². The molecule has 1 fully saturated rings. The molecule has 1 aliphatic rings. The summed E-state index contributed by atoms with van der Waals surface area (Å²) in [7, 11) is -3.56. The molecule has 1 saturated heterocycles. The Morgan fingerprint density at radius 1 is 1.07 bits per heavy atom. The molecule has 0 N–H and O–H groups in total. The van der Waals surface area contributed by atoms with Crippen molar-refractivity contribution < 1.29 is 17.9 Å². The zero-order chi connectivity index (χ0) is 19.4. The van der Waals surface area contributed by atoms with Gasteiger partial charge in [0.1, 0.15) is 6.61 Å². The van der Waals surface area contributed by atoms with Gasteiger partial charge in [-0.05, 0) is 31.5 Å². The second-order valence-corrected chi connectivity index (χ2v) is 8.70. The number of amides is 1. The number of sulfonamides is 1. The minimum absolute atomic E-state index is 0.203. The molecule has 0 unspecified atom stereocenters. The third kappa shape index (κ3) is 4.48. The number of hydrogen-bond acceptors (Lipinski definition) is 4. The Balaban J connectivity index is 1.61. The van der Waals surface area contributed by atoms with Crippen molar-refractivity contribution in [2.75, 3.05) is 19.6 Å². The first-order chi connectivity index (χ1) is 12.9. The fourth-order valence-corrected chi connectivity index (χ4v) is 4.59. The number of rotatable bonds is 4. The molecule has 0 aliphatic carbocycles. The third-order valence-electron chi connectivity index (χ3n) is 4.69. The number of piperazine rings is 1. The van der Waals surface area contributed by atoms with E-state index in [1.807, 2.05) is 44.2 Å².